The quantitative estimate of drug-likeness (QED) is 0.227. The molecule has 49 heavy (non-hydrogen) atoms. The Hall–Kier alpha value is -5.83. The molecule has 0 bridgehead atoms. The SMILES string of the molecule is Cc1c(C(=O)N(C)c2ccc(O)cc2)cc(-c2cc3c(cc2C(=O)N2CCc4ccccc4C2)CN(C(=O)Oc2ccccc2)CC3)n1C. The Balaban J connectivity index is 1.26. The van der Waals surface area contributed by atoms with Crippen LogP contribution in [0.4, 0.5) is 10.5 Å². The van der Waals surface area contributed by atoms with E-state index in [0.717, 1.165) is 40.1 Å². The van der Waals surface area contributed by atoms with Gasteiger partial charge >= 0.3 is 6.09 Å². The van der Waals surface area contributed by atoms with Gasteiger partial charge in [0.1, 0.15) is 11.5 Å². The molecule has 0 saturated carbocycles. The topological polar surface area (TPSA) is 95.3 Å². The highest BCUT2D eigenvalue weighted by Gasteiger charge is 2.30. The Labute approximate surface area is 285 Å². The molecule has 0 spiro atoms. The first-order valence-electron chi connectivity index (χ1n) is 16.5. The number of fused-ring (bicyclic) bond motifs is 2. The molecule has 0 saturated heterocycles. The van der Waals surface area contributed by atoms with E-state index in [1.807, 2.05) is 65.9 Å². The van der Waals surface area contributed by atoms with Crippen LogP contribution in [0.5, 0.6) is 11.5 Å². The number of carbonyl (C=O) groups excluding carboxylic acids is 3. The Morgan fingerprint density at radius 2 is 1.39 bits per heavy atom. The summed E-state index contributed by atoms with van der Waals surface area (Å²) in [5.74, 6) is 0.316. The molecular weight excluding hydrogens is 616 g/mol. The lowest BCUT2D eigenvalue weighted by molar-refractivity contribution is 0.0735. The van der Waals surface area contributed by atoms with Crippen LogP contribution in [0, 0.1) is 6.92 Å². The highest BCUT2D eigenvalue weighted by molar-refractivity contribution is 6.08. The van der Waals surface area contributed by atoms with Crippen LogP contribution in [0.15, 0.2) is 97.1 Å². The lowest BCUT2D eigenvalue weighted by Gasteiger charge is -2.32. The smallest absolute Gasteiger partial charge is 0.415 e. The number of hydrogen-bond donors (Lipinski definition) is 1. The van der Waals surface area contributed by atoms with E-state index in [-0.39, 0.29) is 17.6 Å². The Morgan fingerprint density at radius 1 is 0.735 bits per heavy atom. The maximum atomic E-state index is 14.5. The molecule has 0 radical (unpaired) electrons. The highest BCUT2D eigenvalue weighted by Crippen LogP contribution is 2.35. The number of hydrogen-bond acceptors (Lipinski definition) is 5. The van der Waals surface area contributed by atoms with Gasteiger partial charge in [-0.2, -0.15) is 0 Å². The van der Waals surface area contributed by atoms with Gasteiger partial charge in [-0.15, -0.1) is 0 Å². The first-order valence-corrected chi connectivity index (χ1v) is 16.5. The van der Waals surface area contributed by atoms with E-state index in [1.54, 1.807) is 53.2 Å². The van der Waals surface area contributed by atoms with Gasteiger partial charge in [-0.25, -0.2) is 4.79 Å². The van der Waals surface area contributed by atoms with Crippen molar-refractivity contribution < 1.29 is 24.2 Å². The molecule has 5 aromatic rings. The van der Waals surface area contributed by atoms with E-state index in [4.69, 9.17) is 4.74 Å². The largest absolute Gasteiger partial charge is 0.508 e. The summed E-state index contributed by atoms with van der Waals surface area (Å²) in [5, 5.41) is 9.74. The molecule has 1 N–H and O–H groups in total. The number of carbonyl (C=O) groups is 3. The van der Waals surface area contributed by atoms with E-state index in [2.05, 4.69) is 18.2 Å². The standard InChI is InChI=1S/C40H38N4O5/c1-26-34(38(46)42(3)31-13-15-32(45)16-14-31)23-37(41(26)2)35-21-28-18-20-44(40(48)49-33-11-5-4-6-12-33)25-30(28)22-36(35)39(47)43-19-17-27-9-7-8-10-29(27)24-43/h4-16,21-23,45H,17-20,24-25H2,1-3H3. The van der Waals surface area contributed by atoms with Crippen molar-refractivity contribution in [1.29, 1.82) is 0 Å². The number of anilines is 1. The number of para-hydroxylation sites is 1. The number of ether oxygens (including phenoxy) is 1. The van der Waals surface area contributed by atoms with Crippen LogP contribution in [0.25, 0.3) is 11.3 Å². The number of amides is 3. The van der Waals surface area contributed by atoms with Crippen LogP contribution in [-0.4, -0.2) is 57.5 Å². The third kappa shape index (κ3) is 6.15. The first-order chi connectivity index (χ1) is 23.7. The zero-order valence-electron chi connectivity index (χ0n) is 27.8. The minimum atomic E-state index is -0.430. The summed E-state index contributed by atoms with van der Waals surface area (Å²) in [6.45, 7) is 3.79. The Kier molecular flexibility index (Phi) is 8.42. The summed E-state index contributed by atoms with van der Waals surface area (Å²) in [6.07, 6.45) is 0.934. The van der Waals surface area contributed by atoms with E-state index in [0.29, 0.717) is 55.2 Å². The third-order valence-corrected chi connectivity index (χ3v) is 9.79. The predicted octanol–water partition coefficient (Wildman–Crippen LogP) is 6.74. The fourth-order valence-corrected chi connectivity index (χ4v) is 6.80. The van der Waals surface area contributed by atoms with Gasteiger partial charge in [0.2, 0.25) is 0 Å². The van der Waals surface area contributed by atoms with Gasteiger partial charge in [0.15, 0.2) is 0 Å². The van der Waals surface area contributed by atoms with E-state index in [1.165, 1.54) is 5.56 Å². The molecule has 0 atom stereocenters. The normalized spacial score (nSPS) is 13.8. The van der Waals surface area contributed by atoms with Crippen LogP contribution in [0.3, 0.4) is 0 Å². The number of rotatable bonds is 5. The molecular formula is C40H38N4O5. The summed E-state index contributed by atoms with van der Waals surface area (Å²) in [6, 6.07) is 29.6. The average Bonchev–Trinajstić information content (AvgIpc) is 3.43. The van der Waals surface area contributed by atoms with Crippen LogP contribution in [-0.2, 0) is 33.0 Å². The van der Waals surface area contributed by atoms with Crippen molar-refractivity contribution in [2.75, 3.05) is 25.0 Å². The van der Waals surface area contributed by atoms with Gasteiger partial charge in [-0.3, -0.25) is 9.59 Å². The van der Waals surface area contributed by atoms with Crippen LogP contribution in [0.2, 0.25) is 0 Å². The number of benzene rings is 4. The molecule has 3 amide bonds. The molecule has 9 heteroatoms. The van der Waals surface area contributed by atoms with E-state index < -0.39 is 6.09 Å². The molecule has 0 aliphatic carbocycles. The number of aromatic nitrogens is 1. The Morgan fingerprint density at radius 3 is 2.14 bits per heavy atom. The minimum Gasteiger partial charge on any atom is -0.508 e. The summed E-state index contributed by atoms with van der Waals surface area (Å²) < 4.78 is 7.61. The number of phenolic OH excluding ortho intramolecular Hbond substituents is 1. The summed E-state index contributed by atoms with van der Waals surface area (Å²) in [7, 11) is 3.62. The molecule has 3 heterocycles. The van der Waals surface area contributed by atoms with Gasteiger partial charge in [0, 0.05) is 68.5 Å². The first kappa shape index (κ1) is 31.8. The average molecular weight is 655 g/mol. The summed E-state index contributed by atoms with van der Waals surface area (Å²) in [5.41, 5.74) is 8.31. The molecule has 7 rings (SSSR count). The van der Waals surface area contributed by atoms with Gasteiger partial charge in [-0.05, 0) is 96.6 Å². The molecule has 1 aromatic heterocycles. The maximum absolute atomic E-state index is 14.5. The molecule has 0 unspecified atom stereocenters. The van der Waals surface area contributed by atoms with Crippen LogP contribution >= 0.6 is 0 Å². The lowest BCUT2D eigenvalue weighted by Crippen LogP contribution is -2.39. The fourth-order valence-electron chi connectivity index (χ4n) is 6.80. The highest BCUT2D eigenvalue weighted by atomic mass is 16.6. The third-order valence-electron chi connectivity index (χ3n) is 9.79. The maximum Gasteiger partial charge on any atom is 0.415 e. The van der Waals surface area contributed by atoms with Crippen molar-refractivity contribution in [3.05, 3.63) is 136 Å². The second-order valence-electron chi connectivity index (χ2n) is 12.7. The summed E-state index contributed by atoms with van der Waals surface area (Å²) >= 11 is 0. The predicted molar refractivity (Wildman–Crippen MR) is 188 cm³/mol. The van der Waals surface area contributed by atoms with Crippen LogP contribution in [0.1, 0.15) is 48.7 Å². The Bertz CT molecular complexity index is 2070. The lowest BCUT2D eigenvalue weighted by atomic mass is 9.91. The van der Waals surface area contributed by atoms with E-state index >= 15 is 0 Å². The second kappa shape index (κ2) is 13.0. The fraction of sp³-hybridized carbons (Fsp3) is 0.225. The van der Waals surface area contributed by atoms with Gasteiger partial charge in [-0.1, -0.05) is 42.5 Å². The molecule has 248 valence electrons. The van der Waals surface area contributed by atoms with Crippen molar-refractivity contribution in [2.45, 2.75) is 32.9 Å². The molecule has 4 aromatic carbocycles. The molecule has 2 aliphatic rings. The summed E-state index contributed by atoms with van der Waals surface area (Å²) in [4.78, 5) is 46.6. The molecule has 2 aliphatic heterocycles. The van der Waals surface area contributed by atoms with Gasteiger partial charge in [0.25, 0.3) is 11.8 Å². The van der Waals surface area contributed by atoms with Crippen LogP contribution < -0.4 is 9.64 Å². The van der Waals surface area contributed by atoms with Crippen molar-refractivity contribution >= 4 is 23.6 Å². The number of phenols is 1. The molecule has 9 nitrogen and oxygen atoms in total. The van der Waals surface area contributed by atoms with Crippen molar-refractivity contribution in [2.24, 2.45) is 7.05 Å². The monoisotopic (exact) mass is 654 g/mol. The number of nitrogens with zero attached hydrogens (tertiary/aromatic N) is 4. The molecule has 0 fully saturated rings. The zero-order valence-corrected chi connectivity index (χ0v) is 27.8. The van der Waals surface area contributed by atoms with Crippen molar-refractivity contribution in [3.63, 3.8) is 0 Å². The van der Waals surface area contributed by atoms with Crippen molar-refractivity contribution in [3.8, 4) is 22.8 Å². The van der Waals surface area contributed by atoms with E-state index in [9.17, 15) is 19.5 Å². The van der Waals surface area contributed by atoms with Gasteiger partial charge in [0.05, 0.1) is 5.56 Å². The number of aromatic hydroxyl groups is 1. The zero-order chi connectivity index (χ0) is 34.2. The van der Waals surface area contributed by atoms with Crippen molar-refractivity contribution in [1.82, 2.24) is 14.4 Å². The van der Waals surface area contributed by atoms with Gasteiger partial charge < -0.3 is 29.1 Å². The second-order valence-corrected chi connectivity index (χ2v) is 12.7. The minimum absolute atomic E-state index is 0.0933.